The fourth-order valence-electron chi connectivity index (χ4n) is 3.60. The van der Waals surface area contributed by atoms with Gasteiger partial charge in [0.15, 0.2) is 5.96 Å². The molecule has 1 fully saturated rings. The highest BCUT2D eigenvalue weighted by molar-refractivity contribution is 5.79. The van der Waals surface area contributed by atoms with Crippen LogP contribution in [0.2, 0.25) is 0 Å². The van der Waals surface area contributed by atoms with Crippen LogP contribution in [0.15, 0.2) is 29.3 Å². The predicted octanol–water partition coefficient (Wildman–Crippen LogP) is 1.98. The number of nitrogens with two attached hydrogens (primary N) is 1. The predicted molar refractivity (Wildman–Crippen MR) is 112 cm³/mol. The van der Waals surface area contributed by atoms with Gasteiger partial charge in [0.05, 0.1) is 0 Å². The van der Waals surface area contributed by atoms with Crippen LogP contribution >= 0.6 is 0 Å². The molecule has 0 bridgehead atoms. The number of nitrogens with one attached hydrogen (secondary N) is 1. The van der Waals surface area contributed by atoms with Crippen molar-refractivity contribution in [1.29, 1.82) is 0 Å². The van der Waals surface area contributed by atoms with Gasteiger partial charge < -0.3 is 20.9 Å². The molecule has 0 aromatic heterocycles. The summed E-state index contributed by atoms with van der Waals surface area (Å²) in [5.74, 6) is 0.871. The maximum absolute atomic E-state index is 11.2. The molecule has 6 heteroatoms. The number of likely N-dealkylation sites (tertiary alicyclic amines) is 1. The molecule has 0 spiro atoms. The van der Waals surface area contributed by atoms with E-state index in [0.717, 1.165) is 64.4 Å². The standard InChI is InChI=1S/C21H35N5O/c1-17-8-4-5-9-19(17)16-25(3)21(23-2)24-12-6-7-13-26-14-10-18(11-15-26)20(22)27/h4-5,8-9,18H,6-7,10-16H2,1-3H3,(H2,22,27)(H,23,24). The molecule has 3 N–H and O–H groups in total. The third-order valence-corrected chi connectivity index (χ3v) is 5.42. The molecule has 0 aliphatic carbocycles. The van der Waals surface area contributed by atoms with Crippen molar-refractivity contribution in [2.75, 3.05) is 40.3 Å². The number of hydrogen-bond acceptors (Lipinski definition) is 3. The lowest BCUT2D eigenvalue weighted by molar-refractivity contribution is -0.123. The van der Waals surface area contributed by atoms with Gasteiger partial charge in [-0.05, 0) is 63.4 Å². The number of hydrogen-bond donors (Lipinski definition) is 2. The number of amides is 1. The van der Waals surface area contributed by atoms with Crippen molar-refractivity contribution < 1.29 is 4.79 Å². The molecule has 1 amide bonds. The molecule has 0 unspecified atom stereocenters. The van der Waals surface area contributed by atoms with E-state index in [1.807, 2.05) is 7.05 Å². The molecule has 1 aliphatic heterocycles. The first-order chi connectivity index (χ1) is 13.0. The fraction of sp³-hybridized carbons (Fsp3) is 0.619. The second kappa shape index (κ2) is 10.9. The second-order valence-corrected chi connectivity index (χ2v) is 7.48. The van der Waals surface area contributed by atoms with Crippen LogP contribution in [0.3, 0.4) is 0 Å². The minimum Gasteiger partial charge on any atom is -0.369 e. The number of aliphatic imine (C=N–C) groups is 1. The lowest BCUT2D eigenvalue weighted by Crippen LogP contribution is -2.40. The monoisotopic (exact) mass is 373 g/mol. The Bertz CT molecular complexity index is 623. The largest absolute Gasteiger partial charge is 0.369 e. The summed E-state index contributed by atoms with van der Waals surface area (Å²) in [6.45, 7) is 6.98. The van der Waals surface area contributed by atoms with E-state index in [1.165, 1.54) is 11.1 Å². The molecule has 1 aromatic carbocycles. The van der Waals surface area contributed by atoms with Gasteiger partial charge in [-0.3, -0.25) is 9.79 Å². The molecule has 0 radical (unpaired) electrons. The van der Waals surface area contributed by atoms with E-state index in [4.69, 9.17) is 5.73 Å². The Morgan fingerprint density at radius 1 is 1.30 bits per heavy atom. The van der Waals surface area contributed by atoms with Crippen LogP contribution < -0.4 is 11.1 Å². The summed E-state index contributed by atoms with van der Waals surface area (Å²) in [6.07, 6.45) is 4.06. The Labute approximate surface area is 163 Å². The summed E-state index contributed by atoms with van der Waals surface area (Å²) in [5, 5.41) is 3.46. The van der Waals surface area contributed by atoms with E-state index in [0.29, 0.717) is 0 Å². The average molecular weight is 374 g/mol. The van der Waals surface area contributed by atoms with Crippen molar-refractivity contribution in [3.05, 3.63) is 35.4 Å². The number of piperidine rings is 1. The van der Waals surface area contributed by atoms with E-state index < -0.39 is 0 Å². The number of nitrogens with zero attached hydrogens (tertiary/aromatic N) is 3. The molecule has 0 saturated carbocycles. The van der Waals surface area contributed by atoms with Crippen LogP contribution in [0.1, 0.15) is 36.8 Å². The zero-order valence-electron chi connectivity index (χ0n) is 17.1. The van der Waals surface area contributed by atoms with Crippen molar-refractivity contribution >= 4 is 11.9 Å². The Kier molecular flexibility index (Phi) is 8.58. The number of primary amides is 1. The first kappa shape index (κ1) is 21.2. The normalized spacial score (nSPS) is 16.3. The van der Waals surface area contributed by atoms with Crippen molar-refractivity contribution in [3.63, 3.8) is 0 Å². The van der Waals surface area contributed by atoms with Crippen LogP contribution in [-0.4, -0.2) is 61.9 Å². The Morgan fingerprint density at radius 2 is 2.00 bits per heavy atom. The Hall–Kier alpha value is -2.08. The molecule has 1 saturated heterocycles. The van der Waals surface area contributed by atoms with Gasteiger partial charge in [0, 0.05) is 33.1 Å². The number of guanidine groups is 1. The summed E-state index contributed by atoms with van der Waals surface area (Å²) >= 11 is 0. The topological polar surface area (TPSA) is 74.0 Å². The molecule has 1 heterocycles. The van der Waals surface area contributed by atoms with Gasteiger partial charge in [-0.2, -0.15) is 0 Å². The zero-order chi connectivity index (χ0) is 19.6. The quantitative estimate of drug-likeness (QED) is 0.415. The van der Waals surface area contributed by atoms with Gasteiger partial charge in [0.25, 0.3) is 0 Å². The van der Waals surface area contributed by atoms with Crippen molar-refractivity contribution in [2.45, 2.75) is 39.2 Å². The lowest BCUT2D eigenvalue weighted by Gasteiger charge is -2.30. The van der Waals surface area contributed by atoms with Crippen LogP contribution in [0, 0.1) is 12.8 Å². The molecule has 1 aliphatic rings. The van der Waals surface area contributed by atoms with Crippen LogP contribution in [0.5, 0.6) is 0 Å². The smallest absolute Gasteiger partial charge is 0.220 e. The van der Waals surface area contributed by atoms with E-state index in [1.54, 1.807) is 0 Å². The Morgan fingerprint density at radius 3 is 2.63 bits per heavy atom. The fourth-order valence-corrected chi connectivity index (χ4v) is 3.60. The number of unbranched alkanes of at least 4 members (excludes halogenated alkanes) is 1. The van der Waals surface area contributed by atoms with Gasteiger partial charge in [0.2, 0.25) is 5.91 Å². The molecule has 27 heavy (non-hydrogen) atoms. The lowest BCUT2D eigenvalue weighted by atomic mass is 9.96. The van der Waals surface area contributed by atoms with E-state index in [2.05, 4.69) is 58.3 Å². The summed E-state index contributed by atoms with van der Waals surface area (Å²) in [5.41, 5.74) is 8.02. The number of carbonyl (C=O) groups excluding carboxylic acids is 1. The number of benzene rings is 1. The van der Waals surface area contributed by atoms with Gasteiger partial charge in [-0.25, -0.2) is 0 Å². The minimum absolute atomic E-state index is 0.0787. The Balaban J connectivity index is 1.64. The molecule has 150 valence electrons. The third-order valence-electron chi connectivity index (χ3n) is 5.42. The maximum Gasteiger partial charge on any atom is 0.220 e. The van der Waals surface area contributed by atoms with E-state index in [-0.39, 0.29) is 11.8 Å². The molecule has 6 nitrogen and oxygen atoms in total. The van der Waals surface area contributed by atoms with Crippen LogP contribution in [0.4, 0.5) is 0 Å². The van der Waals surface area contributed by atoms with Gasteiger partial charge in [0.1, 0.15) is 0 Å². The van der Waals surface area contributed by atoms with Gasteiger partial charge in [-0.15, -0.1) is 0 Å². The highest BCUT2D eigenvalue weighted by Crippen LogP contribution is 2.16. The van der Waals surface area contributed by atoms with Gasteiger partial charge in [-0.1, -0.05) is 24.3 Å². The number of aryl methyl sites for hydroxylation is 1. The summed E-state index contributed by atoms with van der Waals surface area (Å²) in [6, 6.07) is 8.47. The average Bonchev–Trinajstić information content (AvgIpc) is 2.66. The first-order valence-corrected chi connectivity index (χ1v) is 9.99. The molecular weight excluding hydrogens is 338 g/mol. The highest BCUT2D eigenvalue weighted by atomic mass is 16.1. The summed E-state index contributed by atoms with van der Waals surface area (Å²) in [7, 11) is 3.91. The van der Waals surface area contributed by atoms with Gasteiger partial charge >= 0.3 is 0 Å². The highest BCUT2D eigenvalue weighted by Gasteiger charge is 2.22. The van der Waals surface area contributed by atoms with Crippen molar-refractivity contribution in [1.82, 2.24) is 15.1 Å². The first-order valence-electron chi connectivity index (χ1n) is 9.99. The van der Waals surface area contributed by atoms with Crippen molar-refractivity contribution in [2.24, 2.45) is 16.6 Å². The molecule has 0 atom stereocenters. The van der Waals surface area contributed by atoms with E-state index >= 15 is 0 Å². The van der Waals surface area contributed by atoms with Crippen molar-refractivity contribution in [3.8, 4) is 0 Å². The van der Waals surface area contributed by atoms with Crippen LogP contribution in [0.25, 0.3) is 0 Å². The van der Waals surface area contributed by atoms with E-state index in [9.17, 15) is 4.79 Å². The maximum atomic E-state index is 11.2. The number of rotatable bonds is 8. The second-order valence-electron chi connectivity index (χ2n) is 7.48. The molecular formula is C21H35N5O. The third kappa shape index (κ3) is 6.86. The zero-order valence-corrected chi connectivity index (χ0v) is 17.1. The minimum atomic E-state index is -0.139. The summed E-state index contributed by atoms with van der Waals surface area (Å²) < 4.78 is 0. The summed E-state index contributed by atoms with van der Waals surface area (Å²) in [4.78, 5) is 20.2. The van der Waals surface area contributed by atoms with Crippen LogP contribution in [-0.2, 0) is 11.3 Å². The molecule has 2 rings (SSSR count). The molecule has 1 aromatic rings. The SMILES string of the molecule is CN=C(NCCCCN1CCC(C(N)=O)CC1)N(C)Cc1ccccc1C. The number of carbonyl (C=O) groups is 1.